The van der Waals surface area contributed by atoms with E-state index < -0.39 is 6.10 Å². The van der Waals surface area contributed by atoms with Gasteiger partial charge in [0, 0.05) is 7.11 Å². The van der Waals surface area contributed by atoms with Crippen molar-refractivity contribution in [2.45, 2.75) is 12.2 Å². The summed E-state index contributed by atoms with van der Waals surface area (Å²) in [7, 11) is 4.67. The van der Waals surface area contributed by atoms with Crippen molar-refractivity contribution in [3.8, 4) is 17.2 Å². The number of hydrogen-bond acceptors (Lipinski definition) is 6. The third-order valence-electron chi connectivity index (χ3n) is 4.04. The van der Waals surface area contributed by atoms with Gasteiger partial charge in [0.05, 0.1) is 24.3 Å². The van der Waals surface area contributed by atoms with Crippen LogP contribution in [0.15, 0.2) is 40.9 Å². The number of methoxy groups -OCH3 is 3. The SMILES string of the molecule is COCOc1ccc(OC)cc1C(=O)[C@H]1O[C@@H]1c1ccc(OC)c(Br)c1. The number of ether oxygens (including phenoxy) is 5. The fourth-order valence-corrected chi connectivity index (χ4v) is 3.21. The van der Waals surface area contributed by atoms with E-state index in [1.807, 2.05) is 18.2 Å². The number of epoxide rings is 1. The van der Waals surface area contributed by atoms with Gasteiger partial charge in [0.15, 0.2) is 18.7 Å². The van der Waals surface area contributed by atoms with Gasteiger partial charge in [-0.3, -0.25) is 4.79 Å². The molecule has 3 rings (SSSR count). The van der Waals surface area contributed by atoms with E-state index in [4.69, 9.17) is 23.7 Å². The molecule has 6 nitrogen and oxygen atoms in total. The van der Waals surface area contributed by atoms with E-state index in [9.17, 15) is 4.79 Å². The molecule has 26 heavy (non-hydrogen) atoms. The number of carbonyl (C=O) groups is 1. The van der Waals surface area contributed by atoms with E-state index in [1.165, 1.54) is 7.11 Å². The third-order valence-corrected chi connectivity index (χ3v) is 4.66. The molecule has 0 aromatic heterocycles. The van der Waals surface area contributed by atoms with Gasteiger partial charge < -0.3 is 23.7 Å². The second kappa shape index (κ2) is 8.07. The zero-order valence-electron chi connectivity index (χ0n) is 14.7. The normalized spacial score (nSPS) is 18.3. The van der Waals surface area contributed by atoms with E-state index in [2.05, 4.69) is 15.9 Å². The minimum Gasteiger partial charge on any atom is -0.497 e. The summed E-state index contributed by atoms with van der Waals surface area (Å²) in [5, 5.41) is 0. The molecule has 1 heterocycles. The lowest BCUT2D eigenvalue weighted by Crippen LogP contribution is -2.12. The lowest BCUT2D eigenvalue weighted by atomic mass is 10.0. The minimum absolute atomic E-state index is 0.0486. The first-order chi connectivity index (χ1) is 12.6. The molecule has 0 saturated carbocycles. The molecule has 1 aliphatic heterocycles. The van der Waals surface area contributed by atoms with Gasteiger partial charge in [0.2, 0.25) is 0 Å². The molecule has 1 aliphatic rings. The zero-order valence-corrected chi connectivity index (χ0v) is 16.2. The third kappa shape index (κ3) is 3.85. The molecular formula is C19H19BrO6. The lowest BCUT2D eigenvalue weighted by molar-refractivity contribution is 0.0500. The van der Waals surface area contributed by atoms with Crippen molar-refractivity contribution in [1.29, 1.82) is 0 Å². The summed E-state index contributed by atoms with van der Waals surface area (Å²) in [5.74, 6) is 1.57. The summed E-state index contributed by atoms with van der Waals surface area (Å²) in [6.07, 6.45) is -0.863. The van der Waals surface area contributed by atoms with Crippen LogP contribution in [0, 0.1) is 0 Å². The summed E-state index contributed by atoms with van der Waals surface area (Å²) in [6.45, 7) is 0.0486. The fraction of sp³-hybridized carbons (Fsp3) is 0.316. The highest BCUT2D eigenvalue weighted by Crippen LogP contribution is 2.44. The van der Waals surface area contributed by atoms with E-state index in [0.717, 1.165) is 15.8 Å². The first kappa shape index (κ1) is 18.7. The Labute approximate surface area is 160 Å². The molecule has 7 heteroatoms. The predicted octanol–water partition coefficient (Wildman–Crippen LogP) is 3.77. The van der Waals surface area contributed by atoms with Crippen LogP contribution in [0.1, 0.15) is 22.0 Å². The van der Waals surface area contributed by atoms with Gasteiger partial charge in [-0.15, -0.1) is 0 Å². The fourth-order valence-electron chi connectivity index (χ4n) is 2.65. The van der Waals surface area contributed by atoms with Gasteiger partial charge in [0.25, 0.3) is 0 Å². The molecule has 0 bridgehead atoms. The van der Waals surface area contributed by atoms with Crippen molar-refractivity contribution in [2.24, 2.45) is 0 Å². The lowest BCUT2D eigenvalue weighted by Gasteiger charge is -2.11. The van der Waals surface area contributed by atoms with Crippen LogP contribution < -0.4 is 14.2 Å². The van der Waals surface area contributed by atoms with Crippen LogP contribution in [0.4, 0.5) is 0 Å². The first-order valence-corrected chi connectivity index (χ1v) is 8.71. The standard InChI is InChI=1S/C19H19BrO6/c1-22-10-25-15-7-5-12(23-2)9-13(15)17(21)19-18(26-19)11-4-6-16(24-3)14(20)8-11/h4-9,18-19H,10H2,1-3H3/t18-,19-/m1/s1. The average molecular weight is 423 g/mol. The molecule has 0 radical (unpaired) electrons. The van der Waals surface area contributed by atoms with E-state index >= 15 is 0 Å². The van der Waals surface area contributed by atoms with Gasteiger partial charge in [-0.25, -0.2) is 0 Å². The van der Waals surface area contributed by atoms with Gasteiger partial charge in [-0.2, -0.15) is 0 Å². The average Bonchev–Trinajstić information content (AvgIpc) is 3.46. The second-order valence-electron chi connectivity index (χ2n) is 5.65. The van der Waals surface area contributed by atoms with Crippen LogP contribution in [0.25, 0.3) is 0 Å². The van der Waals surface area contributed by atoms with Crippen LogP contribution in [0.2, 0.25) is 0 Å². The van der Waals surface area contributed by atoms with Gasteiger partial charge in [-0.05, 0) is 51.8 Å². The Hall–Kier alpha value is -2.09. The summed E-state index contributed by atoms with van der Waals surface area (Å²) >= 11 is 3.45. The highest BCUT2D eigenvalue weighted by Gasteiger charge is 2.47. The zero-order chi connectivity index (χ0) is 18.7. The summed E-state index contributed by atoms with van der Waals surface area (Å²) in [5.41, 5.74) is 1.31. The van der Waals surface area contributed by atoms with Crippen LogP contribution in [-0.4, -0.2) is 40.0 Å². The van der Waals surface area contributed by atoms with Crippen LogP contribution in [0.3, 0.4) is 0 Å². The minimum atomic E-state index is -0.563. The molecule has 1 saturated heterocycles. The number of benzene rings is 2. The van der Waals surface area contributed by atoms with E-state index in [-0.39, 0.29) is 18.7 Å². The molecule has 0 amide bonds. The number of carbonyl (C=O) groups excluding carboxylic acids is 1. The first-order valence-electron chi connectivity index (χ1n) is 7.92. The molecule has 0 aliphatic carbocycles. The van der Waals surface area contributed by atoms with Crippen LogP contribution in [-0.2, 0) is 9.47 Å². The second-order valence-corrected chi connectivity index (χ2v) is 6.50. The van der Waals surface area contributed by atoms with Gasteiger partial charge >= 0.3 is 0 Å². The summed E-state index contributed by atoms with van der Waals surface area (Å²) < 4.78 is 27.3. The Morgan fingerprint density at radius 1 is 1.08 bits per heavy atom. The van der Waals surface area contributed by atoms with Gasteiger partial charge in [0.1, 0.15) is 23.4 Å². The maximum Gasteiger partial charge on any atom is 0.198 e. The van der Waals surface area contributed by atoms with Gasteiger partial charge in [-0.1, -0.05) is 6.07 Å². The van der Waals surface area contributed by atoms with Crippen molar-refractivity contribution in [2.75, 3.05) is 28.1 Å². The topological polar surface area (TPSA) is 66.5 Å². The Balaban J connectivity index is 1.81. The number of ketones is 1. The summed E-state index contributed by atoms with van der Waals surface area (Å²) in [6, 6.07) is 10.7. The number of rotatable bonds is 8. The van der Waals surface area contributed by atoms with Crippen molar-refractivity contribution >= 4 is 21.7 Å². The molecule has 0 unspecified atom stereocenters. The van der Waals surface area contributed by atoms with Crippen LogP contribution >= 0.6 is 15.9 Å². The predicted molar refractivity (Wildman–Crippen MR) is 98.1 cm³/mol. The Morgan fingerprint density at radius 2 is 1.85 bits per heavy atom. The Kier molecular flexibility index (Phi) is 5.80. The quantitative estimate of drug-likeness (QED) is 0.366. The molecular weight excluding hydrogens is 404 g/mol. The molecule has 2 aromatic rings. The van der Waals surface area contributed by atoms with Crippen LogP contribution in [0.5, 0.6) is 17.2 Å². The van der Waals surface area contributed by atoms with E-state index in [0.29, 0.717) is 17.1 Å². The summed E-state index contributed by atoms with van der Waals surface area (Å²) in [4.78, 5) is 12.9. The van der Waals surface area contributed by atoms with Crippen molar-refractivity contribution in [3.63, 3.8) is 0 Å². The Bertz CT molecular complexity index is 807. The van der Waals surface area contributed by atoms with E-state index in [1.54, 1.807) is 32.4 Å². The number of hydrogen-bond donors (Lipinski definition) is 0. The molecule has 0 spiro atoms. The molecule has 1 fully saturated rings. The number of halogens is 1. The van der Waals surface area contributed by atoms with Crippen molar-refractivity contribution < 1.29 is 28.5 Å². The van der Waals surface area contributed by atoms with Crippen molar-refractivity contribution in [1.82, 2.24) is 0 Å². The van der Waals surface area contributed by atoms with Crippen molar-refractivity contribution in [3.05, 3.63) is 52.0 Å². The highest BCUT2D eigenvalue weighted by atomic mass is 79.9. The monoisotopic (exact) mass is 422 g/mol. The molecule has 2 aromatic carbocycles. The maximum atomic E-state index is 12.9. The maximum absolute atomic E-state index is 12.9. The Morgan fingerprint density at radius 3 is 2.50 bits per heavy atom. The number of Topliss-reactive ketones (excluding diaryl/α,β-unsaturated/α-hetero) is 1. The largest absolute Gasteiger partial charge is 0.497 e. The molecule has 2 atom stereocenters. The molecule has 0 N–H and O–H groups in total. The highest BCUT2D eigenvalue weighted by molar-refractivity contribution is 9.10. The molecule has 138 valence electrons. The smallest absolute Gasteiger partial charge is 0.198 e.